The Morgan fingerprint density at radius 3 is 1.38 bits per heavy atom. The van der Waals surface area contributed by atoms with Crippen molar-refractivity contribution in [3.63, 3.8) is 0 Å². The van der Waals surface area contributed by atoms with Crippen molar-refractivity contribution in [3.05, 3.63) is 59.7 Å². The summed E-state index contributed by atoms with van der Waals surface area (Å²) in [5.41, 5.74) is 2.09. The Kier molecular flexibility index (Phi) is 9.55. The minimum Gasteiger partial charge on any atom is -0.466 e. The fourth-order valence-corrected chi connectivity index (χ4v) is 2.63. The van der Waals surface area contributed by atoms with Crippen molar-refractivity contribution in [1.29, 1.82) is 0 Å². The standard InChI is InChI=1S/C23H28O6/c1-3-26-22(24)15-9-18-5-11-20(12-6-18)28-17-29-21-13-7-19(8-14-21)10-16-23(25)27-4-2/h5-8,11-14H,3-4,9-10,15-17H2,1-2H3. The van der Waals surface area contributed by atoms with Crippen LogP contribution in [0, 0.1) is 0 Å². The Morgan fingerprint density at radius 2 is 1.03 bits per heavy atom. The van der Waals surface area contributed by atoms with Crippen LogP contribution in [-0.4, -0.2) is 31.9 Å². The SMILES string of the molecule is CCOC(=O)CCc1ccc(OCOc2ccc(CCC(=O)OCC)cc2)cc1. The Balaban J connectivity index is 1.70. The van der Waals surface area contributed by atoms with E-state index in [2.05, 4.69) is 0 Å². The third kappa shape index (κ3) is 8.68. The van der Waals surface area contributed by atoms with Crippen LogP contribution in [0.25, 0.3) is 0 Å². The molecule has 0 saturated heterocycles. The van der Waals surface area contributed by atoms with Crippen molar-refractivity contribution >= 4 is 11.9 Å². The van der Waals surface area contributed by atoms with Gasteiger partial charge >= 0.3 is 11.9 Å². The van der Waals surface area contributed by atoms with E-state index in [9.17, 15) is 9.59 Å². The highest BCUT2D eigenvalue weighted by Gasteiger charge is 2.04. The fourth-order valence-electron chi connectivity index (χ4n) is 2.63. The second-order valence-corrected chi connectivity index (χ2v) is 6.30. The molecular formula is C23H28O6. The molecule has 0 unspecified atom stereocenters. The number of hydrogen-bond acceptors (Lipinski definition) is 6. The smallest absolute Gasteiger partial charge is 0.306 e. The van der Waals surface area contributed by atoms with E-state index < -0.39 is 0 Å². The summed E-state index contributed by atoms with van der Waals surface area (Å²) in [4.78, 5) is 22.8. The molecule has 6 heteroatoms. The Hall–Kier alpha value is -3.02. The highest BCUT2D eigenvalue weighted by atomic mass is 16.7. The van der Waals surface area contributed by atoms with E-state index in [1.807, 2.05) is 48.5 Å². The normalized spacial score (nSPS) is 10.3. The molecule has 0 aliphatic carbocycles. The first kappa shape index (κ1) is 22.3. The van der Waals surface area contributed by atoms with Crippen molar-refractivity contribution in [2.24, 2.45) is 0 Å². The topological polar surface area (TPSA) is 71.1 Å². The van der Waals surface area contributed by atoms with Gasteiger partial charge in [-0.15, -0.1) is 0 Å². The lowest BCUT2D eigenvalue weighted by Crippen LogP contribution is -2.07. The van der Waals surface area contributed by atoms with Crippen molar-refractivity contribution in [3.8, 4) is 11.5 Å². The van der Waals surface area contributed by atoms with E-state index in [-0.39, 0.29) is 18.7 Å². The van der Waals surface area contributed by atoms with E-state index in [0.29, 0.717) is 50.4 Å². The predicted molar refractivity (Wildman–Crippen MR) is 109 cm³/mol. The lowest BCUT2D eigenvalue weighted by Gasteiger charge is -2.10. The van der Waals surface area contributed by atoms with Gasteiger partial charge in [0.2, 0.25) is 6.79 Å². The molecule has 29 heavy (non-hydrogen) atoms. The van der Waals surface area contributed by atoms with Crippen LogP contribution in [0.3, 0.4) is 0 Å². The Morgan fingerprint density at radius 1 is 0.655 bits per heavy atom. The van der Waals surface area contributed by atoms with Gasteiger partial charge in [0, 0.05) is 12.8 Å². The number of esters is 2. The van der Waals surface area contributed by atoms with Crippen LogP contribution in [0.15, 0.2) is 48.5 Å². The van der Waals surface area contributed by atoms with Gasteiger partial charge in [0.15, 0.2) is 0 Å². The minimum atomic E-state index is -0.187. The van der Waals surface area contributed by atoms with Crippen LogP contribution in [0.5, 0.6) is 11.5 Å². The van der Waals surface area contributed by atoms with Gasteiger partial charge in [-0.25, -0.2) is 0 Å². The molecule has 0 amide bonds. The van der Waals surface area contributed by atoms with Gasteiger partial charge in [0.05, 0.1) is 13.2 Å². The van der Waals surface area contributed by atoms with Crippen molar-refractivity contribution in [2.75, 3.05) is 20.0 Å². The molecule has 2 aromatic carbocycles. The zero-order chi connectivity index (χ0) is 20.9. The molecule has 0 bridgehead atoms. The summed E-state index contributed by atoms with van der Waals surface area (Å²) in [7, 11) is 0. The lowest BCUT2D eigenvalue weighted by atomic mass is 10.1. The molecule has 0 spiro atoms. The molecular weight excluding hydrogens is 372 g/mol. The van der Waals surface area contributed by atoms with Gasteiger partial charge in [-0.2, -0.15) is 0 Å². The van der Waals surface area contributed by atoms with Crippen molar-refractivity contribution in [2.45, 2.75) is 39.5 Å². The quantitative estimate of drug-likeness (QED) is 0.395. The molecule has 6 nitrogen and oxygen atoms in total. The third-order valence-electron chi connectivity index (χ3n) is 4.14. The maximum Gasteiger partial charge on any atom is 0.306 e. The molecule has 0 saturated carbocycles. The lowest BCUT2D eigenvalue weighted by molar-refractivity contribution is -0.144. The van der Waals surface area contributed by atoms with Crippen LogP contribution in [-0.2, 0) is 31.9 Å². The Bertz CT molecular complexity index is 686. The van der Waals surface area contributed by atoms with Crippen LogP contribution in [0.4, 0.5) is 0 Å². The van der Waals surface area contributed by atoms with Crippen molar-refractivity contribution < 1.29 is 28.5 Å². The molecule has 0 fully saturated rings. The van der Waals surface area contributed by atoms with Gasteiger partial charge in [0.25, 0.3) is 0 Å². The molecule has 0 N–H and O–H groups in total. The van der Waals surface area contributed by atoms with E-state index in [0.717, 1.165) is 11.1 Å². The van der Waals surface area contributed by atoms with Gasteiger partial charge in [-0.1, -0.05) is 24.3 Å². The molecule has 2 aromatic rings. The van der Waals surface area contributed by atoms with E-state index in [4.69, 9.17) is 18.9 Å². The first-order chi connectivity index (χ1) is 14.1. The summed E-state index contributed by atoms with van der Waals surface area (Å²) in [6.45, 7) is 4.49. The monoisotopic (exact) mass is 400 g/mol. The van der Waals surface area contributed by atoms with Crippen LogP contribution < -0.4 is 9.47 Å². The summed E-state index contributed by atoms with van der Waals surface area (Å²) >= 11 is 0. The van der Waals surface area contributed by atoms with Crippen molar-refractivity contribution in [1.82, 2.24) is 0 Å². The number of rotatable bonds is 12. The summed E-state index contributed by atoms with van der Waals surface area (Å²) in [5, 5.41) is 0. The second-order valence-electron chi connectivity index (χ2n) is 6.30. The number of aryl methyl sites for hydroxylation is 2. The molecule has 0 aromatic heterocycles. The summed E-state index contributed by atoms with van der Waals surface area (Å²) < 4.78 is 21.0. The average Bonchev–Trinajstić information content (AvgIpc) is 2.73. The number of ether oxygens (including phenoxy) is 4. The Labute approximate surface area is 171 Å². The zero-order valence-electron chi connectivity index (χ0n) is 17.0. The van der Waals surface area contributed by atoms with Crippen LogP contribution in [0.2, 0.25) is 0 Å². The predicted octanol–water partition coefficient (Wildman–Crippen LogP) is 4.09. The van der Waals surface area contributed by atoms with E-state index >= 15 is 0 Å². The number of hydrogen-bond donors (Lipinski definition) is 0. The van der Waals surface area contributed by atoms with Crippen LogP contribution >= 0.6 is 0 Å². The molecule has 0 aliphatic heterocycles. The zero-order valence-corrected chi connectivity index (χ0v) is 17.0. The third-order valence-corrected chi connectivity index (χ3v) is 4.14. The van der Waals surface area contributed by atoms with Crippen LogP contribution in [0.1, 0.15) is 37.8 Å². The molecule has 0 radical (unpaired) electrons. The van der Waals surface area contributed by atoms with Gasteiger partial charge in [-0.3, -0.25) is 9.59 Å². The highest BCUT2D eigenvalue weighted by Crippen LogP contribution is 2.16. The van der Waals surface area contributed by atoms with Gasteiger partial charge in [0.1, 0.15) is 11.5 Å². The number of benzene rings is 2. The number of carbonyl (C=O) groups is 2. The number of carbonyl (C=O) groups excluding carboxylic acids is 2. The molecule has 0 heterocycles. The molecule has 156 valence electrons. The molecule has 0 aliphatic rings. The summed E-state index contributed by atoms with van der Waals surface area (Å²) in [5.74, 6) is 1.01. The first-order valence-electron chi connectivity index (χ1n) is 9.85. The van der Waals surface area contributed by atoms with Gasteiger partial charge in [-0.05, 0) is 62.1 Å². The first-order valence-corrected chi connectivity index (χ1v) is 9.85. The molecule has 2 rings (SSSR count). The van der Waals surface area contributed by atoms with E-state index in [1.165, 1.54) is 0 Å². The summed E-state index contributed by atoms with van der Waals surface area (Å²) in [6.07, 6.45) is 2.01. The fraction of sp³-hybridized carbons (Fsp3) is 0.391. The average molecular weight is 400 g/mol. The minimum absolute atomic E-state index is 0.0876. The van der Waals surface area contributed by atoms with Gasteiger partial charge < -0.3 is 18.9 Å². The maximum atomic E-state index is 11.4. The largest absolute Gasteiger partial charge is 0.466 e. The highest BCUT2D eigenvalue weighted by molar-refractivity contribution is 5.70. The maximum absolute atomic E-state index is 11.4. The van der Waals surface area contributed by atoms with E-state index in [1.54, 1.807) is 13.8 Å². The summed E-state index contributed by atoms with van der Waals surface area (Å²) in [6, 6.07) is 15.1. The second kappa shape index (κ2) is 12.4. The molecule has 0 atom stereocenters.